The van der Waals surface area contributed by atoms with Crippen LogP contribution in [0.1, 0.15) is 6.42 Å². The Morgan fingerprint density at radius 3 is 2.21 bits per heavy atom. The zero-order valence-electron chi connectivity index (χ0n) is 11.0. The average molecular weight is 268 g/mol. The molecule has 1 saturated carbocycles. The van der Waals surface area contributed by atoms with Crippen LogP contribution in [0.2, 0.25) is 0 Å². The summed E-state index contributed by atoms with van der Waals surface area (Å²) in [5.74, 6) is -3.39. The predicted octanol–water partition coefficient (Wildman–Crippen LogP) is 0.314. The molecule has 0 heterocycles. The number of ether oxygens (including phenoxy) is 3. The molecule has 2 rings (SSSR count). The van der Waals surface area contributed by atoms with Crippen molar-refractivity contribution in [3.05, 3.63) is 12.2 Å². The van der Waals surface area contributed by atoms with Gasteiger partial charge in [-0.2, -0.15) is 0 Å². The fraction of sp³-hybridized carbons (Fsp3) is 0.615. The molecule has 2 bridgehead atoms. The molecule has 0 spiro atoms. The van der Waals surface area contributed by atoms with Gasteiger partial charge in [0, 0.05) is 0 Å². The molecule has 1 fully saturated rings. The lowest BCUT2D eigenvalue weighted by Gasteiger charge is -2.30. The van der Waals surface area contributed by atoms with Gasteiger partial charge in [0.1, 0.15) is 5.41 Å². The largest absolute Gasteiger partial charge is 0.469 e. The minimum atomic E-state index is -1.11. The fourth-order valence-electron chi connectivity index (χ4n) is 3.27. The standard InChI is InChI=1S/C13H16O6/c1-17-10(14)8-7-4-5-13(6-7,12(16)19-3)9(8)11(15)18-2/h4-5,7-9H,6H2,1-3H3/t7-,8-,9+,13-/m0/s1. The van der Waals surface area contributed by atoms with Gasteiger partial charge in [0.25, 0.3) is 0 Å². The summed E-state index contributed by atoms with van der Waals surface area (Å²) in [4.78, 5) is 35.9. The molecule has 104 valence electrons. The molecule has 0 aliphatic heterocycles. The maximum Gasteiger partial charge on any atom is 0.316 e. The molecular formula is C13H16O6. The Morgan fingerprint density at radius 2 is 1.68 bits per heavy atom. The number of carbonyl (C=O) groups excluding carboxylic acids is 3. The Bertz CT molecular complexity index is 454. The first-order chi connectivity index (χ1) is 9.01. The van der Waals surface area contributed by atoms with Crippen molar-refractivity contribution in [3.63, 3.8) is 0 Å². The molecule has 2 aliphatic rings. The van der Waals surface area contributed by atoms with Crippen molar-refractivity contribution in [2.45, 2.75) is 6.42 Å². The van der Waals surface area contributed by atoms with Gasteiger partial charge in [-0.05, 0) is 12.3 Å². The van der Waals surface area contributed by atoms with Gasteiger partial charge in [0.15, 0.2) is 0 Å². The first-order valence-electron chi connectivity index (χ1n) is 5.95. The average Bonchev–Trinajstić information content (AvgIpc) is 3.01. The van der Waals surface area contributed by atoms with Gasteiger partial charge in [0.2, 0.25) is 0 Å². The minimum absolute atomic E-state index is 0.198. The van der Waals surface area contributed by atoms with E-state index >= 15 is 0 Å². The number of esters is 3. The maximum absolute atomic E-state index is 12.0. The van der Waals surface area contributed by atoms with Crippen molar-refractivity contribution in [2.75, 3.05) is 21.3 Å². The SMILES string of the molecule is COC(=O)[C@H]1[C@H]2C=C[C@](C(=O)OC)(C2)[C@H]1C(=O)OC. The maximum atomic E-state index is 12.0. The number of allylic oxidation sites excluding steroid dienone is 1. The first-order valence-corrected chi connectivity index (χ1v) is 5.95. The van der Waals surface area contributed by atoms with Crippen LogP contribution in [0.25, 0.3) is 0 Å². The third-order valence-electron chi connectivity index (χ3n) is 4.08. The smallest absolute Gasteiger partial charge is 0.316 e. The zero-order chi connectivity index (χ0) is 14.2. The van der Waals surface area contributed by atoms with Crippen LogP contribution in [-0.2, 0) is 28.6 Å². The molecule has 0 amide bonds. The highest BCUT2D eigenvalue weighted by Crippen LogP contribution is 2.57. The Kier molecular flexibility index (Phi) is 3.34. The lowest BCUT2D eigenvalue weighted by molar-refractivity contribution is -0.166. The van der Waals surface area contributed by atoms with Crippen LogP contribution in [-0.4, -0.2) is 39.2 Å². The number of methoxy groups -OCH3 is 3. The van der Waals surface area contributed by atoms with Gasteiger partial charge in [-0.15, -0.1) is 0 Å². The summed E-state index contributed by atoms with van der Waals surface area (Å²) in [5.41, 5.74) is -1.11. The van der Waals surface area contributed by atoms with Crippen molar-refractivity contribution < 1.29 is 28.6 Å². The predicted molar refractivity (Wildman–Crippen MR) is 62.7 cm³/mol. The summed E-state index contributed by atoms with van der Waals surface area (Å²) < 4.78 is 14.3. The van der Waals surface area contributed by atoms with Crippen molar-refractivity contribution >= 4 is 17.9 Å². The third-order valence-corrected chi connectivity index (χ3v) is 4.08. The summed E-state index contributed by atoms with van der Waals surface area (Å²) in [7, 11) is 3.76. The monoisotopic (exact) mass is 268 g/mol. The van der Waals surface area contributed by atoms with Crippen molar-refractivity contribution in [3.8, 4) is 0 Å². The van der Waals surface area contributed by atoms with Crippen LogP contribution in [0.15, 0.2) is 12.2 Å². The van der Waals surface area contributed by atoms with Crippen LogP contribution < -0.4 is 0 Å². The van der Waals surface area contributed by atoms with E-state index in [-0.39, 0.29) is 5.92 Å². The number of rotatable bonds is 3. The van der Waals surface area contributed by atoms with Gasteiger partial charge in [-0.25, -0.2) is 0 Å². The van der Waals surface area contributed by atoms with E-state index in [1.807, 2.05) is 0 Å². The molecular weight excluding hydrogens is 252 g/mol. The number of hydrogen-bond donors (Lipinski definition) is 0. The van der Waals surface area contributed by atoms with Gasteiger partial charge in [0.05, 0.1) is 33.2 Å². The number of hydrogen-bond acceptors (Lipinski definition) is 6. The van der Waals surface area contributed by atoms with E-state index in [2.05, 4.69) is 0 Å². The molecule has 2 aliphatic carbocycles. The van der Waals surface area contributed by atoms with E-state index in [1.165, 1.54) is 21.3 Å². The Hall–Kier alpha value is -1.85. The highest BCUT2D eigenvalue weighted by molar-refractivity contribution is 5.93. The van der Waals surface area contributed by atoms with E-state index in [0.29, 0.717) is 6.42 Å². The second-order valence-corrected chi connectivity index (χ2v) is 4.81. The van der Waals surface area contributed by atoms with E-state index in [0.717, 1.165) is 0 Å². The number of fused-ring (bicyclic) bond motifs is 2. The quantitative estimate of drug-likeness (QED) is 0.416. The second-order valence-electron chi connectivity index (χ2n) is 4.81. The van der Waals surface area contributed by atoms with Gasteiger partial charge >= 0.3 is 17.9 Å². The summed E-state index contributed by atoms with van der Waals surface area (Å²) in [6, 6.07) is 0. The van der Waals surface area contributed by atoms with E-state index < -0.39 is 35.2 Å². The molecule has 6 heteroatoms. The summed E-state index contributed by atoms with van der Waals surface area (Å²) >= 11 is 0. The van der Waals surface area contributed by atoms with Crippen molar-refractivity contribution in [2.24, 2.45) is 23.2 Å². The molecule has 0 saturated heterocycles. The first kappa shape index (κ1) is 13.6. The topological polar surface area (TPSA) is 78.9 Å². The highest BCUT2D eigenvalue weighted by Gasteiger charge is 2.65. The Balaban J connectivity index is 2.45. The van der Waals surface area contributed by atoms with Gasteiger partial charge in [-0.1, -0.05) is 12.2 Å². The zero-order valence-corrected chi connectivity index (χ0v) is 11.0. The van der Waals surface area contributed by atoms with Crippen LogP contribution in [0.5, 0.6) is 0 Å². The van der Waals surface area contributed by atoms with E-state index in [4.69, 9.17) is 14.2 Å². The summed E-state index contributed by atoms with van der Waals surface area (Å²) in [5, 5.41) is 0. The summed E-state index contributed by atoms with van der Waals surface area (Å²) in [6.07, 6.45) is 3.81. The molecule has 0 aromatic heterocycles. The molecule has 0 aromatic carbocycles. The lowest BCUT2D eigenvalue weighted by atomic mass is 9.73. The van der Waals surface area contributed by atoms with Crippen LogP contribution >= 0.6 is 0 Å². The van der Waals surface area contributed by atoms with Crippen molar-refractivity contribution in [1.82, 2.24) is 0 Å². The molecule has 0 unspecified atom stereocenters. The Labute approximate surface area is 110 Å². The third kappa shape index (κ3) is 1.74. The van der Waals surface area contributed by atoms with Gasteiger partial charge in [-0.3, -0.25) is 14.4 Å². The molecule has 0 radical (unpaired) electrons. The van der Waals surface area contributed by atoms with E-state index in [9.17, 15) is 14.4 Å². The molecule has 0 aromatic rings. The van der Waals surface area contributed by atoms with Crippen molar-refractivity contribution in [1.29, 1.82) is 0 Å². The molecule has 0 N–H and O–H groups in total. The summed E-state index contributed by atoms with van der Waals surface area (Å²) in [6.45, 7) is 0. The normalized spacial score (nSPS) is 35.0. The highest BCUT2D eigenvalue weighted by atomic mass is 16.5. The lowest BCUT2D eigenvalue weighted by Crippen LogP contribution is -2.44. The van der Waals surface area contributed by atoms with Crippen LogP contribution in [0, 0.1) is 23.2 Å². The molecule has 4 atom stereocenters. The Morgan fingerprint density at radius 1 is 1.05 bits per heavy atom. The van der Waals surface area contributed by atoms with Crippen LogP contribution in [0.3, 0.4) is 0 Å². The molecule has 19 heavy (non-hydrogen) atoms. The minimum Gasteiger partial charge on any atom is -0.469 e. The van der Waals surface area contributed by atoms with Gasteiger partial charge < -0.3 is 14.2 Å². The number of carbonyl (C=O) groups is 3. The second kappa shape index (κ2) is 4.68. The van der Waals surface area contributed by atoms with E-state index in [1.54, 1.807) is 12.2 Å². The fourth-order valence-corrected chi connectivity index (χ4v) is 3.27. The van der Waals surface area contributed by atoms with Crippen LogP contribution in [0.4, 0.5) is 0 Å². The molecule has 6 nitrogen and oxygen atoms in total.